The predicted molar refractivity (Wildman–Crippen MR) is 76.2 cm³/mol. The van der Waals surface area contributed by atoms with E-state index < -0.39 is 0 Å². The van der Waals surface area contributed by atoms with Crippen LogP contribution in [0.15, 0.2) is 0 Å². The van der Waals surface area contributed by atoms with E-state index in [0.29, 0.717) is 0 Å². The molecule has 0 saturated carbocycles. The minimum Gasteiger partial charge on any atom is -0.361 e. The minimum atomic E-state index is 1.09. The van der Waals surface area contributed by atoms with Gasteiger partial charge in [0, 0.05) is 22.6 Å². The molecular formula is C16H22N2. The highest BCUT2D eigenvalue weighted by Gasteiger charge is 2.25. The summed E-state index contributed by atoms with van der Waals surface area (Å²) < 4.78 is 0. The van der Waals surface area contributed by atoms with E-state index in [1.807, 2.05) is 0 Å². The van der Waals surface area contributed by atoms with Gasteiger partial charge in [-0.3, -0.25) is 0 Å². The Morgan fingerprint density at radius 1 is 0.889 bits per heavy atom. The zero-order valence-corrected chi connectivity index (χ0v) is 11.8. The number of H-pyrrole nitrogens is 2. The van der Waals surface area contributed by atoms with Gasteiger partial charge in [-0.25, -0.2) is 0 Å². The maximum atomic E-state index is 3.67. The average molecular weight is 242 g/mol. The van der Waals surface area contributed by atoms with Gasteiger partial charge in [0.05, 0.1) is 5.69 Å². The van der Waals surface area contributed by atoms with Crippen molar-refractivity contribution in [3.05, 3.63) is 33.8 Å². The van der Waals surface area contributed by atoms with E-state index >= 15 is 0 Å². The molecule has 0 aliphatic heterocycles. The Morgan fingerprint density at radius 2 is 1.56 bits per heavy atom. The second-order valence-electron chi connectivity index (χ2n) is 5.37. The molecule has 0 aromatic carbocycles. The van der Waals surface area contributed by atoms with Crippen LogP contribution < -0.4 is 0 Å². The summed E-state index contributed by atoms with van der Waals surface area (Å²) in [6.07, 6.45) is 4.52. The van der Waals surface area contributed by atoms with Crippen molar-refractivity contribution in [3.63, 3.8) is 0 Å². The molecule has 0 radical (unpaired) electrons. The van der Waals surface area contributed by atoms with Gasteiger partial charge >= 0.3 is 0 Å². The summed E-state index contributed by atoms with van der Waals surface area (Å²) >= 11 is 0. The lowest BCUT2D eigenvalue weighted by molar-refractivity contribution is 0.891. The summed E-state index contributed by atoms with van der Waals surface area (Å²) in [5, 5.41) is 0. The Morgan fingerprint density at radius 3 is 2.22 bits per heavy atom. The van der Waals surface area contributed by atoms with E-state index in [2.05, 4.69) is 37.7 Å². The van der Waals surface area contributed by atoms with Crippen molar-refractivity contribution in [1.82, 2.24) is 9.97 Å². The Kier molecular flexibility index (Phi) is 2.61. The fraction of sp³-hybridized carbons (Fsp3) is 0.500. The van der Waals surface area contributed by atoms with Crippen LogP contribution in [0.3, 0.4) is 0 Å². The van der Waals surface area contributed by atoms with Crippen LogP contribution in [0.25, 0.3) is 11.3 Å². The smallest absolute Gasteiger partial charge is 0.0512 e. The van der Waals surface area contributed by atoms with Crippen molar-refractivity contribution < 1.29 is 0 Å². The van der Waals surface area contributed by atoms with Crippen LogP contribution in [0.4, 0.5) is 0 Å². The zero-order valence-electron chi connectivity index (χ0n) is 11.8. The number of nitrogens with one attached hydrogen (secondary N) is 2. The van der Waals surface area contributed by atoms with Gasteiger partial charge in [0.1, 0.15) is 0 Å². The van der Waals surface area contributed by atoms with Crippen LogP contribution in [0, 0.1) is 13.8 Å². The van der Waals surface area contributed by atoms with Gasteiger partial charge in [0.2, 0.25) is 0 Å². The molecule has 18 heavy (non-hydrogen) atoms. The standard InChI is InChI=1S/C16H22N2/c1-5-12-9(3)11-7-8-14-15(16(11)18-12)10(4)13(6-2)17-14/h17-18H,5-8H2,1-4H3. The quantitative estimate of drug-likeness (QED) is 0.801. The van der Waals surface area contributed by atoms with E-state index in [1.165, 1.54) is 45.9 Å². The summed E-state index contributed by atoms with van der Waals surface area (Å²) in [4.78, 5) is 7.29. The molecule has 2 heterocycles. The molecule has 1 aliphatic rings. The monoisotopic (exact) mass is 242 g/mol. The highest BCUT2D eigenvalue weighted by molar-refractivity contribution is 5.75. The molecule has 2 nitrogen and oxygen atoms in total. The second-order valence-corrected chi connectivity index (χ2v) is 5.37. The summed E-state index contributed by atoms with van der Waals surface area (Å²) in [5.41, 5.74) is 11.6. The van der Waals surface area contributed by atoms with E-state index in [-0.39, 0.29) is 0 Å². The minimum absolute atomic E-state index is 1.09. The number of aromatic amines is 2. The van der Waals surface area contributed by atoms with Crippen LogP contribution in [0.5, 0.6) is 0 Å². The highest BCUT2D eigenvalue weighted by Crippen LogP contribution is 2.39. The average Bonchev–Trinajstić information content (AvgIpc) is 2.88. The first kappa shape index (κ1) is 11.6. The molecule has 0 atom stereocenters. The number of hydrogen-bond donors (Lipinski definition) is 2. The number of hydrogen-bond acceptors (Lipinski definition) is 0. The summed E-state index contributed by atoms with van der Waals surface area (Å²) in [6.45, 7) is 8.97. The summed E-state index contributed by atoms with van der Waals surface area (Å²) in [7, 11) is 0. The third-order valence-electron chi connectivity index (χ3n) is 4.50. The van der Waals surface area contributed by atoms with Crippen LogP contribution in [-0.2, 0) is 25.7 Å². The maximum Gasteiger partial charge on any atom is 0.0512 e. The van der Waals surface area contributed by atoms with Gasteiger partial charge < -0.3 is 9.97 Å². The fourth-order valence-corrected chi connectivity index (χ4v) is 3.41. The van der Waals surface area contributed by atoms with Crippen molar-refractivity contribution in [3.8, 4) is 11.3 Å². The zero-order chi connectivity index (χ0) is 12.9. The van der Waals surface area contributed by atoms with Gasteiger partial charge in [-0.1, -0.05) is 13.8 Å². The van der Waals surface area contributed by atoms with Gasteiger partial charge in [0.15, 0.2) is 0 Å². The Bertz CT molecular complexity index is 599. The second kappa shape index (κ2) is 4.04. The lowest BCUT2D eigenvalue weighted by Gasteiger charge is -2.14. The molecule has 2 aromatic heterocycles. The van der Waals surface area contributed by atoms with E-state index in [0.717, 1.165) is 19.3 Å². The Labute approximate surface area is 109 Å². The van der Waals surface area contributed by atoms with E-state index in [9.17, 15) is 0 Å². The van der Waals surface area contributed by atoms with Gasteiger partial charge in [0.25, 0.3) is 0 Å². The third kappa shape index (κ3) is 1.41. The largest absolute Gasteiger partial charge is 0.361 e. The van der Waals surface area contributed by atoms with Crippen molar-refractivity contribution in [2.45, 2.75) is 53.4 Å². The normalized spacial score (nSPS) is 13.6. The van der Waals surface area contributed by atoms with Crippen molar-refractivity contribution in [2.75, 3.05) is 0 Å². The first-order chi connectivity index (χ1) is 8.67. The van der Waals surface area contributed by atoms with Crippen LogP contribution >= 0.6 is 0 Å². The van der Waals surface area contributed by atoms with Crippen LogP contribution in [0.1, 0.15) is 47.6 Å². The van der Waals surface area contributed by atoms with Crippen molar-refractivity contribution in [2.24, 2.45) is 0 Å². The molecule has 1 aliphatic carbocycles. The summed E-state index contributed by atoms with van der Waals surface area (Å²) in [5.74, 6) is 0. The van der Waals surface area contributed by atoms with Gasteiger partial charge in [-0.05, 0) is 56.2 Å². The molecule has 0 amide bonds. The first-order valence-corrected chi connectivity index (χ1v) is 7.08. The molecule has 2 heteroatoms. The van der Waals surface area contributed by atoms with E-state index in [1.54, 1.807) is 5.56 Å². The maximum absolute atomic E-state index is 3.67. The molecule has 0 saturated heterocycles. The van der Waals surface area contributed by atoms with Gasteiger partial charge in [-0.2, -0.15) is 0 Å². The van der Waals surface area contributed by atoms with Crippen molar-refractivity contribution >= 4 is 0 Å². The highest BCUT2D eigenvalue weighted by atomic mass is 14.8. The Hall–Kier alpha value is -1.44. The Balaban J connectivity index is 2.25. The number of aromatic nitrogens is 2. The lowest BCUT2D eigenvalue weighted by atomic mass is 9.91. The molecule has 0 bridgehead atoms. The van der Waals surface area contributed by atoms with Crippen LogP contribution in [-0.4, -0.2) is 9.97 Å². The van der Waals surface area contributed by atoms with Crippen LogP contribution in [0.2, 0.25) is 0 Å². The molecule has 0 spiro atoms. The fourth-order valence-electron chi connectivity index (χ4n) is 3.41. The molecule has 0 unspecified atom stereocenters. The molecule has 0 fully saturated rings. The van der Waals surface area contributed by atoms with Gasteiger partial charge in [-0.15, -0.1) is 0 Å². The number of fused-ring (bicyclic) bond motifs is 3. The predicted octanol–water partition coefficient (Wildman–Crippen LogP) is 3.85. The molecule has 2 N–H and O–H groups in total. The number of rotatable bonds is 2. The molecule has 96 valence electrons. The first-order valence-electron chi connectivity index (χ1n) is 7.08. The van der Waals surface area contributed by atoms with Crippen molar-refractivity contribution in [1.29, 1.82) is 0 Å². The molecule has 2 aromatic rings. The molecule has 3 rings (SSSR count). The van der Waals surface area contributed by atoms with E-state index in [4.69, 9.17) is 0 Å². The molecular weight excluding hydrogens is 220 g/mol. The summed E-state index contributed by atoms with van der Waals surface area (Å²) in [6, 6.07) is 0. The lowest BCUT2D eigenvalue weighted by Crippen LogP contribution is -2.02. The SMILES string of the molecule is CCc1[nH]c2c(c1C)CCc1[nH]c(CC)c(C)c1-2. The third-order valence-corrected chi connectivity index (χ3v) is 4.50. The number of aryl methyl sites for hydroxylation is 3. The topological polar surface area (TPSA) is 31.6 Å².